The van der Waals surface area contributed by atoms with Crippen LogP contribution in [0.2, 0.25) is 0 Å². The summed E-state index contributed by atoms with van der Waals surface area (Å²) in [6.07, 6.45) is 6.10. The second-order valence-corrected chi connectivity index (χ2v) is 8.37. The minimum Gasteiger partial charge on any atom is -0.507 e. The van der Waals surface area contributed by atoms with E-state index in [9.17, 15) is 5.11 Å². The Bertz CT molecular complexity index is 720. The topological polar surface area (TPSA) is 20.2 Å². The zero-order chi connectivity index (χ0) is 18.6. The molecule has 0 aliphatic rings. The molecule has 0 fully saturated rings. The molecule has 0 bridgehead atoms. The zero-order valence-corrected chi connectivity index (χ0v) is 16.8. The van der Waals surface area contributed by atoms with Crippen LogP contribution in [0.1, 0.15) is 75.6 Å². The van der Waals surface area contributed by atoms with Crippen molar-refractivity contribution >= 4 is 0 Å². The van der Waals surface area contributed by atoms with E-state index >= 15 is 0 Å². The Morgan fingerprint density at radius 3 is 2.24 bits per heavy atom. The van der Waals surface area contributed by atoms with Crippen molar-refractivity contribution in [3.05, 3.63) is 52.6 Å². The Morgan fingerprint density at radius 1 is 0.920 bits per heavy atom. The van der Waals surface area contributed by atoms with E-state index in [2.05, 4.69) is 71.9 Å². The van der Waals surface area contributed by atoms with Crippen LogP contribution < -0.4 is 0 Å². The molecule has 2 rings (SSSR count). The van der Waals surface area contributed by atoms with Gasteiger partial charge in [0, 0.05) is 11.1 Å². The Hall–Kier alpha value is -1.76. The van der Waals surface area contributed by atoms with Gasteiger partial charge in [0.15, 0.2) is 0 Å². The van der Waals surface area contributed by atoms with Gasteiger partial charge in [-0.15, -0.1) is 0 Å². The summed E-state index contributed by atoms with van der Waals surface area (Å²) in [4.78, 5) is 0. The van der Waals surface area contributed by atoms with Crippen molar-refractivity contribution < 1.29 is 5.11 Å². The van der Waals surface area contributed by atoms with E-state index < -0.39 is 0 Å². The van der Waals surface area contributed by atoms with E-state index in [-0.39, 0.29) is 5.41 Å². The summed E-state index contributed by atoms with van der Waals surface area (Å²) < 4.78 is 0. The summed E-state index contributed by atoms with van der Waals surface area (Å²) in [5, 5.41) is 10.9. The average Bonchev–Trinajstić information content (AvgIpc) is 2.52. The van der Waals surface area contributed by atoms with Crippen LogP contribution in [0.5, 0.6) is 5.75 Å². The summed E-state index contributed by atoms with van der Waals surface area (Å²) in [5.74, 6) is 0.400. The molecule has 135 valence electrons. The molecule has 0 saturated heterocycles. The number of phenols is 1. The number of hydrogen-bond acceptors (Lipinski definition) is 1. The van der Waals surface area contributed by atoms with Crippen molar-refractivity contribution in [3.8, 4) is 16.9 Å². The Labute approximate surface area is 154 Å². The van der Waals surface area contributed by atoms with Gasteiger partial charge in [-0.05, 0) is 60.9 Å². The fraction of sp³-hybridized carbons (Fsp3) is 0.500. The second kappa shape index (κ2) is 8.08. The van der Waals surface area contributed by atoms with Gasteiger partial charge in [0.1, 0.15) is 5.75 Å². The van der Waals surface area contributed by atoms with Gasteiger partial charge in [-0.25, -0.2) is 0 Å². The molecule has 0 spiro atoms. The zero-order valence-electron chi connectivity index (χ0n) is 16.8. The molecule has 1 heteroatoms. The van der Waals surface area contributed by atoms with Gasteiger partial charge in [0.05, 0.1) is 0 Å². The molecule has 0 atom stereocenters. The van der Waals surface area contributed by atoms with E-state index in [1.165, 1.54) is 42.4 Å². The minimum absolute atomic E-state index is 0.0857. The second-order valence-electron chi connectivity index (χ2n) is 8.37. The molecule has 1 nitrogen and oxygen atoms in total. The number of rotatable bonds is 6. The number of hydrogen-bond donors (Lipinski definition) is 1. The highest BCUT2D eigenvalue weighted by molar-refractivity contribution is 5.74. The number of unbranched alkanes of at least 4 members (excludes halogenated alkanes) is 3. The molecule has 2 aromatic rings. The third-order valence-corrected chi connectivity index (χ3v) is 4.72. The lowest BCUT2D eigenvalue weighted by molar-refractivity contribution is 0.448. The molecule has 0 aliphatic carbocycles. The number of aromatic hydroxyl groups is 1. The number of benzene rings is 2. The largest absolute Gasteiger partial charge is 0.507 e. The first-order valence-corrected chi connectivity index (χ1v) is 9.59. The maximum absolute atomic E-state index is 10.9. The summed E-state index contributed by atoms with van der Waals surface area (Å²) >= 11 is 0. The van der Waals surface area contributed by atoms with Gasteiger partial charge in [-0.3, -0.25) is 0 Å². The van der Waals surface area contributed by atoms with Crippen molar-refractivity contribution in [2.45, 2.75) is 79.1 Å². The van der Waals surface area contributed by atoms with E-state index in [1.807, 2.05) is 0 Å². The van der Waals surface area contributed by atoms with Crippen LogP contribution in [0.4, 0.5) is 0 Å². The van der Waals surface area contributed by atoms with Crippen LogP contribution in [0.25, 0.3) is 11.1 Å². The number of phenolic OH excluding ortho intramolecular Hbond substituents is 1. The standard InChI is InChI=1S/C24H33O/c1-7-8-9-10-11-19-12-17(2)13-20(16-19)21-14-18(3)15-22(23(21)25)24(4,5)6/h12-15,25H,7-11H2,1-6H3. The lowest BCUT2D eigenvalue weighted by atomic mass is 9.83. The van der Waals surface area contributed by atoms with E-state index in [0.717, 1.165) is 23.1 Å². The monoisotopic (exact) mass is 337 g/mol. The maximum atomic E-state index is 10.9. The summed E-state index contributed by atoms with van der Waals surface area (Å²) in [6.45, 7) is 12.9. The number of aryl methyl sites for hydroxylation is 3. The molecule has 1 N–H and O–H groups in total. The Morgan fingerprint density at radius 2 is 1.60 bits per heavy atom. The molecule has 0 saturated carbocycles. The fourth-order valence-corrected chi connectivity index (χ4v) is 3.37. The van der Waals surface area contributed by atoms with Crippen molar-refractivity contribution in [1.82, 2.24) is 0 Å². The van der Waals surface area contributed by atoms with Crippen LogP contribution in [-0.4, -0.2) is 5.11 Å². The summed E-state index contributed by atoms with van der Waals surface area (Å²) in [6, 6.07) is 12.1. The van der Waals surface area contributed by atoms with Gasteiger partial charge >= 0.3 is 0 Å². The molecule has 1 radical (unpaired) electrons. The summed E-state index contributed by atoms with van der Waals surface area (Å²) in [7, 11) is 0. The lowest BCUT2D eigenvalue weighted by Gasteiger charge is -2.23. The van der Waals surface area contributed by atoms with E-state index in [1.54, 1.807) is 0 Å². The van der Waals surface area contributed by atoms with E-state index in [0.29, 0.717) is 5.75 Å². The van der Waals surface area contributed by atoms with Crippen molar-refractivity contribution in [2.24, 2.45) is 0 Å². The molecule has 0 aromatic heterocycles. The quantitative estimate of drug-likeness (QED) is 0.569. The molecular weight excluding hydrogens is 304 g/mol. The van der Waals surface area contributed by atoms with Crippen molar-refractivity contribution in [3.63, 3.8) is 0 Å². The van der Waals surface area contributed by atoms with Crippen LogP contribution >= 0.6 is 0 Å². The highest BCUT2D eigenvalue weighted by Crippen LogP contribution is 2.39. The van der Waals surface area contributed by atoms with Crippen LogP contribution in [0.3, 0.4) is 0 Å². The predicted octanol–water partition coefficient (Wildman–Crippen LogP) is 6.90. The first kappa shape index (κ1) is 19.6. The van der Waals surface area contributed by atoms with Gasteiger partial charge in [-0.1, -0.05) is 70.7 Å². The third kappa shape index (κ3) is 5.11. The molecular formula is C24H33O. The van der Waals surface area contributed by atoms with Crippen LogP contribution in [0, 0.1) is 19.9 Å². The molecule has 0 aliphatic heterocycles. The van der Waals surface area contributed by atoms with Gasteiger partial charge in [0.2, 0.25) is 0 Å². The van der Waals surface area contributed by atoms with Gasteiger partial charge in [0.25, 0.3) is 0 Å². The van der Waals surface area contributed by atoms with Crippen LogP contribution in [0.15, 0.2) is 24.3 Å². The van der Waals surface area contributed by atoms with Gasteiger partial charge < -0.3 is 5.11 Å². The Kier molecular flexibility index (Phi) is 6.32. The third-order valence-electron chi connectivity index (χ3n) is 4.72. The van der Waals surface area contributed by atoms with Gasteiger partial charge in [-0.2, -0.15) is 0 Å². The first-order chi connectivity index (χ1) is 11.7. The SMILES string of the molecule is CCCCCCc1[c]c(-c2cc(C)cc(C(C)(C)C)c2O)cc(C)c1. The predicted molar refractivity (Wildman–Crippen MR) is 108 cm³/mol. The normalized spacial score (nSPS) is 11.8. The van der Waals surface area contributed by atoms with Crippen molar-refractivity contribution in [2.75, 3.05) is 0 Å². The lowest BCUT2D eigenvalue weighted by Crippen LogP contribution is -2.12. The molecule has 0 unspecified atom stereocenters. The molecule has 25 heavy (non-hydrogen) atoms. The highest BCUT2D eigenvalue weighted by atomic mass is 16.3. The first-order valence-electron chi connectivity index (χ1n) is 9.59. The smallest absolute Gasteiger partial charge is 0.127 e. The highest BCUT2D eigenvalue weighted by Gasteiger charge is 2.21. The van der Waals surface area contributed by atoms with E-state index in [4.69, 9.17) is 0 Å². The molecule has 0 heterocycles. The fourth-order valence-electron chi connectivity index (χ4n) is 3.37. The molecule has 2 aromatic carbocycles. The average molecular weight is 338 g/mol. The Balaban J connectivity index is 2.41. The van der Waals surface area contributed by atoms with Crippen LogP contribution in [-0.2, 0) is 11.8 Å². The minimum atomic E-state index is -0.0857. The molecule has 0 amide bonds. The van der Waals surface area contributed by atoms with Crippen molar-refractivity contribution in [1.29, 1.82) is 0 Å². The maximum Gasteiger partial charge on any atom is 0.127 e. The summed E-state index contributed by atoms with van der Waals surface area (Å²) in [5.41, 5.74) is 6.50.